The molecule has 3 N–H and O–H groups in total. The van der Waals surface area contributed by atoms with E-state index in [2.05, 4.69) is 15.4 Å². The topological polar surface area (TPSA) is 68.2 Å². The highest BCUT2D eigenvalue weighted by atomic mass is 15.2. The summed E-state index contributed by atoms with van der Waals surface area (Å²) < 4.78 is 1.72. The third-order valence-electron chi connectivity index (χ3n) is 2.44. The lowest BCUT2D eigenvalue weighted by atomic mass is 10.3. The third-order valence-corrected chi connectivity index (χ3v) is 2.44. The van der Waals surface area contributed by atoms with Gasteiger partial charge in [-0.2, -0.15) is 5.10 Å². The van der Waals surface area contributed by atoms with E-state index in [1.54, 1.807) is 10.7 Å². The number of hydrogen-bond donors (Lipinski definition) is 2. The van der Waals surface area contributed by atoms with E-state index in [0.29, 0.717) is 0 Å². The van der Waals surface area contributed by atoms with Crippen molar-refractivity contribution in [1.29, 1.82) is 0 Å². The number of nitrogens with two attached hydrogens (primary N) is 1. The second kappa shape index (κ2) is 3.79. The van der Waals surface area contributed by atoms with Crippen molar-refractivity contribution in [2.75, 3.05) is 11.1 Å². The maximum Gasteiger partial charge on any atom is 0.157 e. The Morgan fingerprint density at radius 3 is 2.71 bits per heavy atom. The minimum absolute atomic E-state index is 0.745. The Morgan fingerprint density at radius 1 is 1.06 bits per heavy atom. The van der Waals surface area contributed by atoms with Crippen LogP contribution in [0.25, 0.3) is 5.65 Å². The summed E-state index contributed by atoms with van der Waals surface area (Å²) in [6.07, 6.45) is 3.58. The number of nitrogen functional groups attached to an aromatic ring is 1. The van der Waals surface area contributed by atoms with Crippen LogP contribution in [0.5, 0.6) is 0 Å². The van der Waals surface area contributed by atoms with E-state index in [1.807, 2.05) is 42.6 Å². The molecule has 0 aliphatic rings. The number of nitrogens with one attached hydrogen (secondary N) is 1. The Morgan fingerprint density at radius 2 is 1.88 bits per heavy atom. The molecule has 0 unspecified atom stereocenters. The number of nitrogens with zero attached hydrogens (tertiary/aromatic N) is 3. The van der Waals surface area contributed by atoms with Gasteiger partial charge in [-0.05, 0) is 30.3 Å². The number of benzene rings is 1. The Bertz CT molecular complexity index is 641. The summed E-state index contributed by atoms with van der Waals surface area (Å²) in [6.45, 7) is 0. The third kappa shape index (κ3) is 1.90. The van der Waals surface area contributed by atoms with Gasteiger partial charge < -0.3 is 11.1 Å². The van der Waals surface area contributed by atoms with Crippen LogP contribution < -0.4 is 11.1 Å². The lowest BCUT2D eigenvalue weighted by Crippen LogP contribution is -1.96. The molecule has 3 aromatic rings. The molecule has 0 fully saturated rings. The number of hydrogen-bond acceptors (Lipinski definition) is 4. The quantitative estimate of drug-likeness (QED) is 0.655. The molecule has 0 spiro atoms. The zero-order valence-corrected chi connectivity index (χ0v) is 9.04. The standard InChI is InChI=1S/C12H11N5/c13-9-1-3-10(4-2-9)15-11-6-8-17-12(16-11)5-7-14-17/h1-8H,13H2,(H,15,16). The summed E-state index contributed by atoms with van der Waals surface area (Å²) in [4.78, 5) is 4.41. The van der Waals surface area contributed by atoms with Gasteiger partial charge in [-0.1, -0.05) is 0 Å². The van der Waals surface area contributed by atoms with Gasteiger partial charge in [-0.25, -0.2) is 9.50 Å². The van der Waals surface area contributed by atoms with E-state index in [4.69, 9.17) is 5.73 Å². The van der Waals surface area contributed by atoms with Crippen molar-refractivity contribution >= 4 is 22.8 Å². The fourth-order valence-electron chi connectivity index (χ4n) is 1.60. The summed E-state index contributed by atoms with van der Waals surface area (Å²) >= 11 is 0. The van der Waals surface area contributed by atoms with Gasteiger partial charge in [0.05, 0.1) is 6.20 Å². The first-order chi connectivity index (χ1) is 8.31. The van der Waals surface area contributed by atoms with Crippen LogP contribution in [0.15, 0.2) is 48.8 Å². The van der Waals surface area contributed by atoms with Gasteiger partial charge in [0.15, 0.2) is 5.65 Å². The lowest BCUT2D eigenvalue weighted by molar-refractivity contribution is 0.941. The van der Waals surface area contributed by atoms with Crippen molar-refractivity contribution in [2.45, 2.75) is 0 Å². The lowest BCUT2D eigenvalue weighted by Gasteiger charge is -2.05. The molecule has 0 aliphatic heterocycles. The maximum absolute atomic E-state index is 5.63. The number of anilines is 3. The molecule has 0 bridgehead atoms. The molecule has 0 amide bonds. The van der Waals surface area contributed by atoms with Crippen LogP contribution in [0.2, 0.25) is 0 Å². The molecule has 0 radical (unpaired) electrons. The zero-order valence-electron chi connectivity index (χ0n) is 9.04. The van der Waals surface area contributed by atoms with Crippen LogP contribution in [0.3, 0.4) is 0 Å². The molecule has 0 saturated heterocycles. The van der Waals surface area contributed by atoms with Crippen LogP contribution in [0, 0.1) is 0 Å². The van der Waals surface area contributed by atoms with Gasteiger partial charge in [0.2, 0.25) is 0 Å². The van der Waals surface area contributed by atoms with Crippen molar-refractivity contribution < 1.29 is 0 Å². The van der Waals surface area contributed by atoms with Crippen molar-refractivity contribution in [1.82, 2.24) is 14.6 Å². The second-order valence-corrected chi connectivity index (χ2v) is 3.69. The molecule has 0 saturated carbocycles. The Hall–Kier alpha value is -2.56. The minimum atomic E-state index is 0.745. The zero-order chi connectivity index (χ0) is 11.7. The van der Waals surface area contributed by atoms with Crippen LogP contribution in [-0.4, -0.2) is 14.6 Å². The highest BCUT2D eigenvalue weighted by molar-refractivity contribution is 5.60. The Balaban J connectivity index is 1.91. The van der Waals surface area contributed by atoms with Crippen molar-refractivity contribution in [3.05, 3.63) is 48.8 Å². The monoisotopic (exact) mass is 225 g/mol. The fourth-order valence-corrected chi connectivity index (χ4v) is 1.60. The first-order valence-corrected chi connectivity index (χ1v) is 5.24. The van der Waals surface area contributed by atoms with Gasteiger partial charge in [0.25, 0.3) is 0 Å². The summed E-state index contributed by atoms with van der Waals surface area (Å²) in [6, 6.07) is 11.2. The molecule has 2 aromatic heterocycles. The SMILES string of the molecule is Nc1ccc(Nc2ccn3nccc3n2)cc1. The fraction of sp³-hybridized carbons (Fsp3) is 0. The predicted molar refractivity (Wildman–Crippen MR) is 67.1 cm³/mol. The smallest absolute Gasteiger partial charge is 0.157 e. The largest absolute Gasteiger partial charge is 0.399 e. The highest BCUT2D eigenvalue weighted by Gasteiger charge is 1.99. The molecule has 2 heterocycles. The number of fused-ring (bicyclic) bond motifs is 1. The molecular weight excluding hydrogens is 214 g/mol. The van der Waals surface area contributed by atoms with E-state index in [0.717, 1.165) is 22.8 Å². The van der Waals surface area contributed by atoms with Crippen LogP contribution in [0.4, 0.5) is 17.2 Å². The number of rotatable bonds is 2. The molecule has 0 atom stereocenters. The first kappa shape index (κ1) is 9.65. The van der Waals surface area contributed by atoms with Gasteiger partial charge in [-0.3, -0.25) is 0 Å². The normalized spacial score (nSPS) is 10.6. The van der Waals surface area contributed by atoms with Crippen molar-refractivity contribution in [3.8, 4) is 0 Å². The van der Waals surface area contributed by atoms with Gasteiger partial charge >= 0.3 is 0 Å². The summed E-state index contributed by atoms with van der Waals surface area (Å²) in [5, 5.41) is 7.29. The average molecular weight is 225 g/mol. The summed E-state index contributed by atoms with van der Waals surface area (Å²) in [7, 11) is 0. The van der Waals surface area contributed by atoms with Crippen LogP contribution >= 0.6 is 0 Å². The van der Waals surface area contributed by atoms with Gasteiger partial charge in [-0.15, -0.1) is 0 Å². The number of aromatic nitrogens is 3. The van der Waals surface area contributed by atoms with E-state index in [9.17, 15) is 0 Å². The maximum atomic E-state index is 5.63. The van der Waals surface area contributed by atoms with Crippen molar-refractivity contribution in [3.63, 3.8) is 0 Å². The van der Waals surface area contributed by atoms with Gasteiger partial charge in [0, 0.05) is 23.6 Å². The minimum Gasteiger partial charge on any atom is -0.399 e. The van der Waals surface area contributed by atoms with Crippen LogP contribution in [-0.2, 0) is 0 Å². The van der Waals surface area contributed by atoms with Crippen LogP contribution in [0.1, 0.15) is 0 Å². The molecule has 17 heavy (non-hydrogen) atoms. The second-order valence-electron chi connectivity index (χ2n) is 3.69. The average Bonchev–Trinajstić information content (AvgIpc) is 2.79. The molecular formula is C12H11N5. The Kier molecular flexibility index (Phi) is 2.15. The molecule has 0 aliphatic carbocycles. The highest BCUT2D eigenvalue weighted by Crippen LogP contribution is 2.16. The summed E-state index contributed by atoms with van der Waals surface area (Å²) in [5.41, 5.74) is 8.14. The van der Waals surface area contributed by atoms with Gasteiger partial charge in [0.1, 0.15) is 5.82 Å². The molecule has 5 nitrogen and oxygen atoms in total. The molecule has 1 aromatic carbocycles. The molecule has 3 rings (SSSR count). The summed E-state index contributed by atoms with van der Waals surface area (Å²) in [5.74, 6) is 0.780. The van der Waals surface area contributed by atoms with E-state index in [1.165, 1.54) is 0 Å². The predicted octanol–water partition coefficient (Wildman–Crippen LogP) is 2.06. The van der Waals surface area contributed by atoms with Crippen molar-refractivity contribution in [2.24, 2.45) is 0 Å². The molecule has 84 valence electrons. The molecule has 5 heteroatoms. The van der Waals surface area contributed by atoms with E-state index < -0.39 is 0 Å². The van der Waals surface area contributed by atoms with E-state index in [-0.39, 0.29) is 0 Å². The van der Waals surface area contributed by atoms with E-state index >= 15 is 0 Å². The Labute approximate surface area is 97.9 Å². The first-order valence-electron chi connectivity index (χ1n) is 5.24.